The van der Waals surface area contributed by atoms with Crippen LogP contribution in [0.2, 0.25) is 0 Å². The lowest BCUT2D eigenvalue weighted by molar-refractivity contribution is 0.100. The zero-order chi connectivity index (χ0) is 21.5. The van der Waals surface area contributed by atoms with Gasteiger partial charge >= 0.3 is 0 Å². The normalized spacial score (nSPS) is 10.8. The van der Waals surface area contributed by atoms with Crippen molar-refractivity contribution < 1.29 is 31.4 Å². The molecule has 0 amide bonds. The van der Waals surface area contributed by atoms with E-state index in [9.17, 15) is 22.0 Å². The van der Waals surface area contributed by atoms with Crippen molar-refractivity contribution in [2.24, 2.45) is 0 Å². The fraction of sp³-hybridized carbons (Fsp3) is 0.636. The molecule has 2 nitrogen and oxygen atoms in total. The van der Waals surface area contributed by atoms with Gasteiger partial charge in [-0.3, -0.25) is 0 Å². The molecule has 0 N–H and O–H groups in total. The Labute approximate surface area is 169 Å². The van der Waals surface area contributed by atoms with Gasteiger partial charge in [-0.2, -0.15) is 0 Å². The van der Waals surface area contributed by atoms with E-state index in [1.165, 1.54) is 0 Å². The van der Waals surface area contributed by atoms with Crippen LogP contribution in [0.3, 0.4) is 0 Å². The maximum Gasteiger partial charge on any atom is 0.200 e. The predicted octanol–water partition coefficient (Wildman–Crippen LogP) is 6.30. The molecule has 7 heteroatoms. The summed E-state index contributed by atoms with van der Waals surface area (Å²) in [5.74, 6) is -5.30. The van der Waals surface area contributed by atoms with Crippen molar-refractivity contribution in [3.05, 3.63) is 34.6 Å². The molecule has 1 rings (SSSR count). The Bertz CT molecular complexity index is 638. The van der Waals surface area contributed by atoms with Gasteiger partial charge < -0.3 is 9.47 Å². The molecule has 0 unspecified atom stereocenters. The van der Waals surface area contributed by atoms with E-state index in [2.05, 4.69) is 11.8 Å². The minimum absolute atomic E-state index is 0.347. The summed E-state index contributed by atoms with van der Waals surface area (Å²) in [6.45, 7) is 2.25. The van der Waals surface area contributed by atoms with Crippen LogP contribution in [-0.2, 0) is 9.47 Å². The zero-order valence-electron chi connectivity index (χ0n) is 16.9. The highest BCUT2D eigenvalue weighted by atomic mass is 19.2. The summed E-state index contributed by atoms with van der Waals surface area (Å²) in [7, 11) is 1.67. The predicted molar refractivity (Wildman–Crippen MR) is 102 cm³/mol. The molecule has 0 bridgehead atoms. The molecule has 29 heavy (non-hydrogen) atoms. The van der Waals surface area contributed by atoms with Crippen LogP contribution >= 0.6 is 0 Å². The fourth-order valence-electron chi connectivity index (χ4n) is 2.75. The van der Waals surface area contributed by atoms with Crippen molar-refractivity contribution in [3.63, 3.8) is 0 Å². The van der Waals surface area contributed by atoms with E-state index < -0.39 is 34.6 Å². The highest BCUT2D eigenvalue weighted by Gasteiger charge is 2.24. The molecule has 0 aliphatic carbocycles. The molecule has 1 aromatic rings. The highest BCUT2D eigenvalue weighted by molar-refractivity contribution is 5.38. The summed E-state index contributed by atoms with van der Waals surface area (Å²) in [6, 6.07) is 0. The first kappa shape index (κ1) is 25.4. The topological polar surface area (TPSA) is 18.5 Å². The average molecular weight is 420 g/mol. The van der Waals surface area contributed by atoms with E-state index in [0.29, 0.717) is 6.42 Å². The monoisotopic (exact) mass is 420 g/mol. The van der Waals surface area contributed by atoms with Gasteiger partial charge in [-0.05, 0) is 19.3 Å². The van der Waals surface area contributed by atoms with Gasteiger partial charge in [-0.15, -0.1) is 0 Å². The molecule has 0 saturated carbocycles. The average Bonchev–Trinajstić information content (AvgIpc) is 2.72. The third-order valence-corrected chi connectivity index (χ3v) is 4.40. The number of hydrogen-bond donors (Lipinski definition) is 0. The van der Waals surface area contributed by atoms with Crippen molar-refractivity contribution in [3.8, 4) is 11.8 Å². The standard InChI is InChI=1S/C22H29F5O2/c1-28-14-12-16-29-15-11-9-7-5-3-2-4-6-8-10-13-17-18(23)20(25)22(27)21(26)19(17)24/h2-9,11-12,14-16H2,1H3. The largest absolute Gasteiger partial charge is 0.385 e. The molecule has 0 heterocycles. The van der Waals surface area contributed by atoms with Crippen molar-refractivity contribution in [1.82, 2.24) is 0 Å². The second kappa shape index (κ2) is 15.2. The molecule has 0 saturated heterocycles. The lowest BCUT2D eigenvalue weighted by Crippen LogP contribution is -2.04. The van der Waals surface area contributed by atoms with Crippen molar-refractivity contribution in [2.45, 2.75) is 64.2 Å². The number of methoxy groups -OCH3 is 1. The number of hydrogen-bond acceptors (Lipinski definition) is 2. The van der Waals surface area contributed by atoms with E-state index in [0.717, 1.165) is 77.6 Å². The summed E-state index contributed by atoms with van der Waals surface area (Å²) in [5, 5.41) is 0. The maximum atomic E-state index is 13.5. The first-order valence-electron chi connectivity index (χ1n) is 10.1. The second-order valence-corrected chi connectivity index (χ2v) is 6.78. The summed E-state index contributed by atoms with van der Waals surface area (Å²) < 4.78 is 76.4. The molecule has 0 radical (unpaired) electrons. The Hall–Kier alpha value is -1.65. The summed E-state index contributed by atoms with van der Waals surface area (Å²) in [6.07, 6.45) is 9.51. The molecule has 1 aromatic carbocycles. The Morgan fingerprint density at radius 1 is 0.586 bits per heavy atom. The molecule has 0 atom stereocenters. The Balaban J connectivity index is 2.08. The van der Waals surface area contributed by atoms with Crippen LogP contribution in [0.1, 0.15) is 69.8 Å². The molecule has 0 spiro atoms. The third-order valence-electron chi connectivity index (χ3n) is 4.40. The maximum absolute atomic E-state index is 13.5. The van der Waals surface area contributed by atoms with Crippen LogP contribution in [0.4, 0.5) is 22.0 Å². The van der Waals surface area contributed by atoms with E-state index in [1.807, 2.05) is 0 Å². The van der Waals surface area contributed by atoms with Gasteiger partial charge in [-0.25, -0.2) is 22.0 Å². The van der Waals surface area contributed by atoms with Crippen LogP contribution in [0.25, 0.3) is 0 Å². The molecule has 164 valence electrons. The third kappa shape index (κ3) is 9.60. The molecule has 0 aromatic heterocycles. The van der Waals surface area contributed by atoms with Crippen LogP contribution in [0.15, 0.2) is 0 Å². The van der Waals surface area contributed by atoms with Gasteiger partial charge in [-0.1, -0.05) is 50.4 Å². The smallest absolute Gasteiger partial charge is 0.200 e. The lowest BCUT2D eigenvalue weighted by Gasteiger charge is -2.04. The Morgan fingerprint density at radius 2 is 1.07 bits per heavy atom. The lowest BCUT2D eigenvalue weighted by atomic mass is 10.1. The van der Waals surface area contributed by atoms with Crippen molar-refractivity contribution >= 4 is 0 Å². The number of unbranched alkanes of at least 4 members (excludes halogenated alkanes) is 8. The van der Waals surface area contributed by atoms with Crippen molar-refractivity contribution in [1.29, 1.82) is 0 Å². The van der Waals surface area contributed by atoms with Crippen LogP contribution < -0.4 is 0 Å². The molecular formula is C22H29F5O2. The van der Waals surface area contributed by atoms with Gasteiger partial charge in [0.05, 0.1) is 0 Å². The van der Waals surface area contributed by atoms with Crippen LogP contribution in [0.5, 0.6) is 0 Å². The molecular weight excluding hydrogens is 391 g/mol. The minimum Gasteiger partial charge on any atom is -0.385 e. The second-order valence-electron chi connectivity index (χ2n) is 6.78. The van der Waals surface area contributed by atoms with E-state index >= 15 is 0 Å². The minimum atomic E-state index is -2.17. The molecule has 0 fully saturated rings. The zero-order valence-corrected chi connectivity index (χ0v) is 16.9. The Kier molecular flexibility index (Phi) is 13.3. The summed E-state index contributed by atoms with van der Waals surface area (Å²) in [5.41, 5.74) is -1.07. The molecule has 0 aliphatic rings. The van der Waals surface area contributed by atoms with Crippen molar-refractivity contribution in [2.75, 3.05) is 26.9 Å². The van der Waals surface area contributed by atoms with E-state index in [1.54, 1.807) is 7.11 Å². The highest BCUT2D eigenvalue weighted by Crippen LogP contribution is 2.22. The van der Waals surface area contributed by atoms with Gasteiger partial charge in [0.1, 0.15) is 5.56 Å². The summed E-state index contributed by atoms with van der Waals surface area (Å²) >= 11 is 0. The van der Waals surface area contributed by atoms with Gasteiger partial charge in [0, 0.05) is 33.4 Å². The first-order chi connectivity index (χ1) is 14.0. The number of benzene rings is 1. The quantitative estimate of drug-likeness (QED) is 0.116. The SMILES string of the molecule is COCCCOCCCCCCCCCCC#Cc1c(F)c(F)c(F)c(F)c1F. The van der Waals surface area contributed by atoms with Gasteiger partial charge in [0.2, 0.25) is 5.82 Å². The fourth-order valence-corrected chi connectivity index (χ4v) is 2.75. The number of ether oxygens (including phenoxy) is 2. The number of rotatable bonds is 14. The van der Waals surface area contributed by atoms with Gasteiger partial charge in [0.25, 0.3) is 0 Å². The first-order valence-corrected chi connectivity index (χ1v) is 10.1. The van der Waals surface area contributed by atoms with Gasteiger partial charge in [0.15, 0.2) is 23.3 Å². The van der Waals surface area contributed by atoms with Crippen LogP contribution in [-0.4, -0.2) is 26.9 Å². The molecule has 0 aliphatic heterocycles. The Morgan fingerprint density at radius 3 is 1.66 bits per heavy atom. The van der Waals surface area contributed by atoms with E-state index in [4.69, 9.17) is 9.47 Å². The number of halogens is 5. The summed E-state index contributed by atoms with van der Waals surface area (Å²) in [4.78, 5) is 0. The van der Waals surface area contributed by atoms with Crippen LogP contribution in [0, 0.1) is 40.9 Å². The van der Waals surface area contributed by atoms with E-state index in [-0.39, 0.29) is 0 Å².